The van der Waals surface area contributed by atoms with Crippen LogP contribution in [0, 0.1) is 34.0 Å². The first kappa shape index (κ1) is 31.4. The average Bonchev–Trinajstić information content (AvgIpc) is 3.04. The van der Waals surface area contributed by atoms with Crippen molar-refractivity contribution >= 4 is 35.6 Å². The molecule has 0 aromatic carbocycles. The molecule has 2 saturated carbocycles. The molecule has 11 nitrogen and oxygen atoms in total. The molecule has 42 heavy (non-hydrogen) atoms. The average molecular weight is 589 g/mol. The molecule has 3 aliphatic carbocycles. The highest BCUT2D eigenvalue weighted by Crippen LogP contribution is 2.70. The van der Waals surface area contributed by atoms with Crippen molar-refractivity contribution in [3.05, 3.63) is 23.8 Å². The normalized spacial score (nSPS) is 39.6. The zero-order valence-electron chi connectivity index (χ0n) is 25.4. The second-order valence-electron chi connectivity index (χ2n) is 12.6. The second-order valence-corrected chi connectivity index (χ2v) is 12.6. The number of Topliss-reactive ketones (excluding diaryl/α,β-unsaturated/α-hetero) is 1. The van der Waals surface area contributed by atoms with E-state index >= 15 is 0 Å². The third-order valence-corrected chi connectivity index (χ3v) is 10.1. The molecule has 1 heterocycles. The van der Waals surface area contributed by atoms with E-state index in [2.05, 4.69) is 0 Å². The van der Waals surface area contributed by atoms with Crippen LogP contribution in [0.4, 0.5) is 0 Å². The van der Waals surface area contributed by atoms with E-state index in [4.69, 9.17) is 23.7 Å². The van der Waals surface area contributed by atoms with E-state index in [0.29, 0.717) is 18.4 Å². The molecule has 4 aliphatic rings. The van der Waals surface area contributed by atoms with Gasteiger partial charge >= 0.3 is 29.8 Å². The number of allylic oxidation sites excluding steroid dienone is 2. The molecule has 1 aliphatic heterocycles. The van der Waals surface area contributed by atoms with E-state index < -0.39 is 88.3 Å². The molecule has 230 valence electrons. The number of rotatable bonds is 5. The van der Waals surface area contributed by atoms with Crippen molar-refractivity contribution in [3.63, 3.8) is 0 Å². The van der Waals surface area contributed by atoms with Crippen molar-refractivity contribution in [2.45, 2.75) is 92.6 Å². The van der Waals surface area contributed by atoms with E-state index in [9.17, 15) is 28.8 Å². The molecule has 0 aromatic heterocycles. The molecule has 4 rings (SSSR count). The fraction of sp³-hybridized carbons (Fsp3) is 0.677. The maximum atomic E-state index is 13.7. The van der Waals surface area contributed by atoms with Crippen LogP contribution in [0.25, 0.3) is 0 Å². The van der Waals surface area contributed by atoms with Gasteiger partial charge in [-0.1, -0.05) is 19.9 Å². The third-order valence-electron chi connectivity index (χ3n) is 10.1. The summed E-state index contributed by atoms with van der Waals surface area (Å²) < 4.78 is 29.3. The Morgan fingerprint density at radius 2 is 1.57 bits per heavy atom. The number of esters is 5. The lowest BCUT2D eigenvalue weighted by Crippen LogP contribution is -2.75. The number of ether oxygens (including phenoxy) is 5. The van der Waals surface area contributed by atoms with E-state index in [1.54, 1.807) is 26.0 Å². The number of fused-ring (bicyclic) bond motifs is 5. The third kappa shape index (κ3) is 4.84. The summed E-state index contributed by atoms with van der Waals surface area (Å²) in [6.45, 7) is 11.8. The highest BCUT2D eigenvalue weighted by molar-refractivity contribution is 5.98. The molecule has 0 amide bonds. The summed E-state index contributed by atoms with van der Waals surface area (Å²) >= 11 is 0. The summed E-state index contributed by atoms with van der Waals surface area (Å²) in [4.78, 5) is 76.6. The Morgan fingerprint density at radius 1 is 0.952 bits per heavy atom. The van der Waals surface area contributed by atoms with Gasteiger partial charge in [-0.25, -0.2) is 4.79 Å². The van der Waals surface area contributed by atoms with Crippen LogP contribution in [-0.2, 0) is 52.5 Å². The minimum atomic E-state index is -1.38. The lowest BCUT2D eigenvalue weighted by Gasteiger charge is -2.69. The van der Waals surface area contributed by atoms with Crippen LogP contribution in [0.3, 0.4) is 0 Å². The molecule has 0 saturated heterocycles. The molecule has 2 fully saturated rings. The Kier molecular flexibility index (Phi) is 8.21. The number of cyclic esters (lactones) is 1. The molecular formula is C31H40O11. The Bertz CT molecular complexity index is 1270. The molecule has 0 spiro atoms. The van der Waals surface area contributed by atoms with Crippen molar-refractivity contribution in [1.29, 1.82) is 0 Å². The molecule has 0 N–H and O–H groups in total. The van der Waals surface area contributed by atoms with Crippen LogP contribution in [0.5, 0.6) is 0 Å². The topological polar surface area (TPSA) is 149 Å². The van der Waals surface area contributed by atoms with Gasteiger partial charge < -0.3 is 23.7 Å². The fourth-order valence-electron chi connectivity index (χ4n) is 8.72. The van der Waals surface area contributed by atoms with E-state index in [-0.39, 0.29) is 12.4 Å². The first-order valence-electron chi connectivity index (χ1n) is 14.3. The first-order chi connectivity index (χ1) is 19.5. The second kappa shape index (κ2) is 11.0. The van der Waals surface area contributed by atoms with Gasteiger partial charge in [-0.15, -0.1) is 0 Å². The zero-order valence-corrected chi connectivity index (χ0v) is 25.4. The van der Waals surface area contributed by atoms with Gasteiger partial charge in [0, 0.05) is 51.0 Å². The van der Waals surface area contributed by atoms with Gasteiger partial charge in [0.15, 0.2) is 11.9 Å². The van der Waals surface area contributed by atoms with Crippen LogP contribution in [0.2, 0.25) is 0 Å². The maximum absolute atomic E-state index is 13.7. The summed E-state index contributed by atoms with van der Waals surface area (Å²) in [6.07, 6.45) is 1.17. The minimum absolute atomic E-state index is 0.103. The summed E-state index contributed by atoms with van der Waals surface area (Å²) in [5.41, 5.74) is -2.89. The van der Waals surface area contributed by atoms with Crippen molar-refractivity contribution < 1.29 is 52.5 Å². The van der Waals surface area contributed by atoms with Crippen molar-refractivity contribution in [3.8, 4) is 0 Å². The van der Waals surface area contributed by atoms with Crippen molar-refractivity contribution in [2.24, 2.45) is 34.0 Å². The van der Waals surface area contributed by atoms with Crippen molar-refractivity contribution in [1.82, 2.24) is 0 Å². The van der Waals surface area contributed by atoms with Gasteiger partial charge in [-0.3, -0.25) is 24.0 Å². The van der Waals surface area contributed by atoms with Gasteiger partial charge in [0.2, 0.25) is 0 Å². The molecule has 11 heteroatoms. The predicted molar refractivity (Wildman–Crippen MR) is 145 cm³/mol. The molecule has 0 bridgehead atoms. The zero-order chi connectivity index (χ0) is 31.4. The summed E-state index contributed by atoms with van der Waals surface area (Å²) in [5.74, 6) is -5.21. The van der Waals surface area contributed by atoms with Gasteiger partial charge in [-0.2, -0.15) is 0 Å². The predicted octanol–water partition coefficient (Wildman–Crippen LogP) is 3.03. The Labute approximate surface area is 245 Å². The van der Waals surface area contributed by atoms with Gasteiger partial charge in [0.1, 0.15) is 24.9 Å². The first-order valence-corrected chi connectivity index (χ1v) is 14.3. The number of hydrogen-bond acceptors (Lipinski definition) is 11. The minimum Gasteiger partial charge on any atom is -0.462 e. The lowest BCUT2D eigenvalue weighted by molar-refractivity contribution is -0.291. The highest BCUT2D eigenvalue weighted by atomic mass is 16.6. The standard InChI is InChI=1S/C31H40O11/c1-15-13-23(40-18(4)33)30(8)21(25(15)37)11-12-29(7)22-9-10-24(36)38-14-31(22,16(2)39-17(3)32)28(42-20(6)35)26(27(29)30)41-19(5)34/h9-10,13,16,21-23,26-28H,11-12,14H2,1-8H3/t16-,21+,22+,23-,26+,27+,28+,29+,30-,31-/m1/s1. The summed E-state index contributed by atoms with van der Waals surface area (Å²) in [5, 5.41) is 0. The van der Waals surface area contributed by atoms with Crippen LogP contribution in [0.15, 0.2) is 23.8 Å². The largest absolute Gasteiger partial charge is 0.462 e. The summed E-state index contributed by atoms with van der Waals surface area (Å²) in [7, 11) is 0. The maximum Gasteiger partial charge on any atom is 0.330 e. The lowest BCUT2D eigenvalue weighted by atomic mass is 9.37. The van der Waals surface area contributed by atoms with Crippen molar-refractivity contribution in [2.75, 3.05) is 6.61 Å². The van der Waals surface area contributed by atoms with Gasteiger partial charge in [0.25, 0.3) is 0 Å². The molecule has 0 radical (unpaired) electrons. The van der Waals surface area contributed by atoms with Gasteiger partial charge in [-0.05, 0) is 49.7 Å². The Balaban J connectivity index is 2.09. The Morgan fingerprint density at radius 3 is 2.14 bits per heavy atom. The molecular weight excluding hydrogens is 548 g/mol. The number of carbonyl (C=O) groups excluding carboxylic acids is 6. The monoisotopic (exact) mass is 588 g/mol. The smallest absolute Gasteiger partial charge is 0.330 e. The highest BCUT2D eigenvalue weighted by Gasteiger charge is 2.75. The van der Waals surface area contributed by atoms with E-state index in [1.807, 2.05) is 13.8 Å². The number of ketones is 1. The van der Waals surface area contributed by atoms with Crippen LogP contribution >= 0.6 is 0 Å². The molecule has 0 unspecified atom stereocenters. The van der Waals surface area contributed by atoms with Crippen LogP contribution in [-0.4, -0.2) is 66.7 Å². The SMILES string of the molecule is CC(=O)O[C@H]1[C@H]2[C@@](C)(CC[C@H]3C(=O)C(C)=C[C@@H](OC(C)=O)[C@@]32C)[C@@H]2C=CC(=O)OC[C@]2([C@@H](C)OC(C)=O)[C@H]1OC(C)=O. The van der Waals surface area contributed by atoms with Crippen LogP contribution in [0.1, 0.15) is 68.2 Å². The Hall–Kier alpha value is -3.50. The number of carbonyl (C=O) groups is 6. The molecule has 10 atom stereocenters. The van der Waals surface area contributed by atoms with Gasteiger partial charge in [0.05, 0.1) is 5.41 Å². The summed E-state index contributed by atoms with van der Waals surface area (Å²) in [6, 6.07) is 0. The fourth-order valence-corrected chi connectivity index (χ4v) is 8.72. The van der Waals surface area contributed by atoms with E-state index in [1.165, 1.54) is 33.8 Å². The molecule has 0 aromatic rings. The van der Waals surface area contributed by atoms with Crippen LogP contribution < -0.4 is 0 Å². The number of hydrogen-bond donors (Lipinski definition) is 0. The van der Waals surface area contributed by atoms with E-state index in [0.717, 1.165) is 0 Å². The quantitative estimate of drug-likeness (QED) is 0.345.